The lowest BCUT2D eigenvalue weighted by Crippen LogP contribution is -2.53. The molecule has 2 fully saturated rings. The Balaban J connectivity index is 2.19. The quantitative estimate of drug-likeness (QED) is 0.538. The Bertz CT molecular complexity index is 259. The van der Waals surface area contributed by atoms with Crippen LogP contribution in [0.5, 0.6) is 0 Å². The number of rotatable bonds is 0. The second-order valence-electron chi connectivity index (χ2n) is 4.54. The fraction of sp³-hybridized carbons (Fsp3) is 0.800. The topological polar surface area (TPSA) is 58.2 Å². The molecule has 0 aromatic carbocycles. The molecular weight excluding hydrogens is 180 g/mol. The first-order valence-corrected chi connectivity index (χ1v) is 5.16. The van der Waals surface area contributed by atoms with Gasteiger partial charge < -0.3 is 5.32 Å². The molecule has 0 radical (unpaired) electrons. The number of amides is 2. The summed E-state index contributed by atoms with van der Waals surface area (Å²) in [4.78, 5) is 22.7. The summed E-state index contributed by atoms with van der Waals surface area (Å²) in [5.74, 6) is 0.205. The zero-order chi connectivity index (χ0) is 10.2. The molecule has 2 heterocycles. The van der Waals surface area contributed by atoms with Gasteiger partial charge in [0.15, 0.2) is 0 Å². The molecule has 2 amide bonds. The van der Waals surface area contributed by atoms with Crippen LogP contribution in [-0.2, 0) is 9.59 Å². The summed E-state index contributed by atoms with van der Waals surface area (Å²) in [7, 11) is 0. The Morgan fingerprint density at radius 2 is 1.93 bits per heavy atom. The molecule has 1 atom stereocenters. The maximum Gasteiger partial charge on any atom is 0.227 e. The lowest BCUT2D eigenvalue weighted by Gasteiger charge is -2.44. The standard InChI is InChI=1S/C10H16N2O2/c1-7-6-11-3-2-10(7)4-8(13)12-9(14)5-10/h7,11H,2-6H2,1H3,(H,12,13,14). The molecule has 2 N–H and O–H groups in total. The number of imide groups is 1. The molecule has 2 rings (SSSR count). The monoisotopic (exact) mass is 196 g/mol. The van der Waals surface area contributed by atoms with E-state index in [1.807, 2.05) is 0 Å². The van der Waals surface area contributed by atoms with Gasteiger partial charge in [0.2, 0.25) is 11.8 Å². The van der Waals surface area contributed by atoms with Crippen LogP contribution in [0.4, 0.5) is 0 Å². The number of carbonyl (C=O) groups excluding carboxylic acids is 2. The van der Waals surface area contributed by atoms with Crippen molar-refractivity contribution in [2.75, 3.05) is 13.1 Å². The van der Waals surface area contributed by atoms with Gasteiger partial charge in [0, 0.05) is 12.8 Å². The lowest BCUT2D eigenvalue weighted by atomic mass is 9.65. The third-order valence-electron chi connectivity index (χ3n) is 3.60. The molecule has 2 saturated heterocycles. The van der Waals surface area contributed by atoms with Crippen LogP contribution < -0.4 is 10.6 Å². The molecule has 4 nitrogen and oxygen atoms in total. The van der Waals surface area contributed by atoms with Crippen LogP contribution in [0.15, 0.2) is 0 Å². The number of hydrogen-bond donors (Lipinski definition) is 2. The Labute approximate surface area is 83.4 Å². The van der Waals surface area contributed by atoms with E-state index in [9.17, 15) is 9.59 Å². The van der Waals surface area contributed by atoms with E-state index in [-0.39, 0.29) is 17.2 Å². The van der Waals surface area contributed by atoms with Crippen LogP contribution in [0, 0.1) is 11.3 Å². The summed E-state index contributed by atoms with van der Waals surface area (Å²) < 4.78 is 0. The van der Waals surface area contributed by atoms with Crippen LogP contribution in [0.2, 0.25) is 0 Å². The first-order valence-electron chi connectivity index (χ1n) is 5.16. The van der Waals surface area contributed by atoms with Crippen LogP contribution in [0.1, 0.15) is 26.2 Å². The summed E-state index contributed by atoms with van der Waals surface area (Å²) in [5, 5.41) is 5.67. The van der Waals surface area contributed by atoms with Gasteiger partial charge in [0.1, 0.15) is 0 Å². The van der Waals surface area contributed by atoms with E-state index in [0.717, 1.165) is 19.5 Å². The second kappa shape index (κ2) is 3.35. The summed E-state index contributed by atoms with van der Waals surface area (Å²) in [6.45, 7) is 3.96. The molecule has 78 valence electrons. The average molecular weight is 196 g/mol. The minimum Gasteiger partial charge on any atom is -0.316 e. The average Bonchev–Trinajstić information content (AvgIpc) is 2.08. The van der Waals surface area contributed by atoms with Gasteiger partial charge >= 0.3 is 0 Å². The van der Waals surface area contributed by atoms with Gasteiger partial charge in [0.05, 0.1) is 0 Å². The molecule has 1 unspecified atom stereocenters. The largest absolute Gasteiger partial charge is 0.316 e. The van der Waals surface area contributed by atoms with Crippen molar-refractivity contribution in [1.82, 2.24) is 10.6 Å². The van der Waals surface area contributed by atoms with Gasteiger partial charge in [-0.2, -0.15) is 0 Å². The molecule has 0 aromatic rings. The van der Waals surface area contributed by atoms with Gasteiger partial charge in [-0.3, -0.25) is 14.9 Å². The van der Waals surface area contributed by atoms with Gasteiger partial charge in [-0.1, -0.05) is 6.92 Å². The molecule has 1 spiro atoms. The summed E-state index contributed by atoms with van der Waals surface area (Å²) in [6.07, 6.45) is 1.97. The minimum atomic E-state index is -0.102. The van der Waals surface area contributed by atoms with Crippen LogP contribution in [0.3, 0.4) is 0 Å². The van der Waals surface area contributed by atoms with E-state index in [0.29, 0.717) is 18.8 Å². The predicted molar refractivity (Wildman–Crippen MR) is 51.5 cm³/mol. The third-order valence-corrected chi connectivity index (χ3v) is 3.60. The SMILES string of the molecule is CC1CNCCC12CC(=O)NC(=O)C2. The highest BCUT2D eigenvalue weighted by Gasteiger charge is 2.44. The zero-order valence-electron chi connectivity index (χ0n) is 8.43. The smallest absolute Gasteiger partial charge is 0.227 e. The Hall–Kier alpha value is -0.900. The summed E-state index contributed by atoms with van der Waals surface area (Å²) in [5.41, 5.74) is -0.0648. The van der Waals surface area contributed by atoms with Crippen molar-refractivity contribution in [2.45, 2.75) is 26.2 Å². The highest BCUT2D eigenvalue weighted by Crippen LogP contribution is 2.42. The molecule has 14 heavy (non-hydrogen) atoms. The van der Waals surface area contributed by atoms with Gasteiger partial charge in [-0.25, -0.2) is 0 Å². The van der Waals surface area contributed by atoms with E-state index < -0.39 is 0 Å². The normalized spacial score (nSPS) is 31.6. The predicted octanol–water partition coefficient (Wildman–Crippen LogP) is 0.0388. The van der Waals surface area contributed by atoms with E-state index in [2.05, 4.69) is 17.6 Å². The van der Waals surface area contributed by atoms with Crippen molar-refractivity contribution in [3.05, 3.63) is 0 Å². The van der Waals surface area contributed by atoms with Crippen molar-refractivity contribution in [1.29, 1.82) is 0 Å². The van der Waals surface area contributed by atoms with Crippen molar-refractivity contribution >= 4 is 11.8 Å². The minimum absolute atomic E-state index is 0.0648. The highest BCUT2D eigenvalue weighted by molar-refractivity contribution is 5.98. The number of nitrogens with one attached hydrogen (secondary N) is 2. The summed E-state index contributed by atoms with van der Waals surface area (Å²) >= 11 is 0. The van der Waals surface area contributed by atoms with E-state index in [1.165, 1.54) is 0 Å². The molecule has 0 aliphatic carbocycles. The fourth-order valence-electron chi connectivity index (χ4n) is 2.59. The van der Waals surface area contributed by atoms with Crippen molar-refractivity contribution in [3.8, 4) is 0 Å². The van der Waals surface area contributed by atoms with E-state index >= 15 is 0 Å². The van der Waals surface area contributed by atoms with Crippen molar-refractivity contribution in [2.24, 2.45) is 11.3 Å². The Morgan fingerprint density at radius 1 is 1.29 bits per heavy atom. The van der Waals surface area contributed by atoms with Gasteiger partial charge in [0.25, 0.3) is 0 Å². The third kappa shape index (κ3) is 1.54. The molecule has 0 aromatic heterocycles. The molecule has 0 saturated carbocycles. The second-order valence-corrected chi connectivity index (χ2v) is 4.54. The summed E-state index contributed by atoms with van der Waals surface area (Å²) in [6, 6.07) is 0. The van der Waals surface area contributed by atoms with Crippen LogP contribution in [0.25, 0.3) is 0 Å². The fourth-order valence-corrected chi connectivity index (χ4v) is 2.59. The van der Waals surface area contributed by atoms with E-state index in [4.69, 9.17) is 0 Å². The Morgan fingerprint density at radius 3 is 2.50 bits per heavy atom. The maximum absolute atomic E-state index is 11.3. The number of carbonyl (C=O) groups is 2. The van der Waals surface area contributed by atoms with Crippen LogP contribution >= 0.6 is 0 Å². The molecular formula is C10H16N2O2. The number of piperidine rings is 2. The molecule has 4 heteroatoms. The highest BCUT2D eigenvalue weighted by atomic mass is 16.2. The molecule has 0 bridgehead atoms. The number of hydrogen-bond acceptors (Lipinski definition) is 3. The lowest BCUT2D eigenvalue weighted by molar-refractivity contribution is -0.140. The van der Waals surface area contributed by atoms with E-state index in [1.54, 1.807) is 0 Å². The van der Waals surface area contributed by atoms with Gasteiger partial charge in [-0.15, -0.1) is 0 Å². The molecule has 2 aliphatic rings. The molecule has 2 aliphatic heterocycles. The van der Waals surface area contributed by atoms with Crippen molar-refractivity contribution < 1.29 is 9.59 Å². The first kappa shape index (κ1) is 9.65. The van der Waals surface area contributed by atoms with Crippen LogP contribution in [-0.4, -0.2) is 24.9 Å². The van der Waals surface area contributed by atoms with Crippen molar-refractivity contribution in [3.63, 3.8) is 0 Å². The Kier molecular flexibility index (Phi) is 2.31. The maximum atomic E-state index is 11.3. The first-order chi connectivity index (χ1) is 6.62. The van der Waals surface area contributed by atoms with Gasteiger partial charge in [-0.05, 0) is 30.8 Å². The zero-order valence-corrected chi connectivity index (χ0v) is 8.43.